The topological polar surface area (TPSA) is 73.6 Å². The van der Waals surface area contributed by atoms with Crippen LogP contribution in [0.1, 0.15) is 12.5 Å². The Morgan fingerprint density at radius 2 is 2.21 bits per heavy atom. The van der Waals surface area contributed by atoms with Gasteiger partial charge in [-0.15, -0.1) is 0 Å². The van der Waals surface area contributed by atoms with Crippen LogP contribution in [0.25, 0.3) is 0 Å². The SMILES string of the molecule is COCC(N)C(=O)NCC(C)Oc1cccc(C)c1. The van der Waals surface area contributed by atoms with E-state index >= 15 is 0 Å². The van der Waals surface area contributed by atoms with Gasteiger partial charge >= 0.3 is 0 Å². The predicted molar refractivity (Wildman–Crippen MR) is 74.1 cm³/mol. The van der Waals surface area contributed by atoms with Gasteiger partial charge in [0.2, 0.25) is 5.91 Å². The van der Waals surface area contributed by atoms with Gasteiger partial charge in [-0.25, -0.2) is 0 Å². The number of methoxy groups -OCH3 is 1. The molecule has 0 aliphatic carbocycles. The molecule has 2 atom stereocenters. The lowest BCUT2D eigenvalue weighted by molar-refractivity contribution is -0.123. The molecule has 0 saturated carbocycles. The van der Waals surface area contributed by atoms with Gasteiger partial charge in [0.15, 0.2) is 0 Å². The van der Waals surface area contributed by atoms with Gasteiger partial charge in [0, 0.05) is 7.11 Å². The number of hydrogen-bond acceptors (Lipinski definition) is 4. The summed E-state index contributed by atoms with van der Waals surface area (Å²) in [7, 11) is 1.51. The predicted octanol–water partition coefficient (Wildman–Crippen LogP) is 0.852. The number of ether oxygens (including phenoxy) is 2. The molecule has 19 heavy (non-hydrogen) atoms. The van der Waals surface area contributed by atoms with E-state index in [1.807, 2.05) is 38.1 Å². The highest BCUT2D eigenvalue weighted by atomic mass is 16.5. The minimum atomic E-state index is -0.642. The Bertz CT molecular complexity index is 409. The van der Waals surface area contributed by atoms with Crippen LogP contribution in [0.2, 0.25) is 0 Å². The summed E-state index contributed by atoms with van der Waals surface area (Å²) in [6, 6.07) is 7.14. The second kappa shape index (κ2) is 7.76. The fraction of sp³-hybridized carbons (Fsp3) is 0.500. The summed E-state index contributed by atoms with van der Waals surface area (Å²) in [5.41, 5.74) is 6.74. The zero-order valence-corrected chi connectivity index (χ0v) is 11.7. The first-order valence-electron chi connectivity index (χ1n) is 6.28. The van der Waals surface area contributed by atoms with Crippen molar-refractivity contribution in [2.24, 2.45) is 5.73 Å². The van der Waals surface area contributed by atoms with E-state index in [2.05, 4.69) is 5.32 Å². The minimum absolute atomic E-state index is 0.125. The third-order valence-electron chi connectivity index (χ3n) is 2.57. The molecule has 1 aromatic carbocycles. The number of carbonyl (C=O) groups excluding carboxylic acids is 1. The molecule has 5 nitrogen and oxygen atoms in total. The zero-order valence-electron chi connectivity index (χ0n) is 11.7. The average Bonchev–Trinajstić information content (AvgIpc) is 2.36. The van der Waals surface area contributed by atoms with Crippen LogP contribution in [-0.4, -0.2) is 38.3 Å². The molecule has 0 fully saturated rings. The van der Waals surface area contributed by atoms with Crippen LogP contribution in [0.3, 0.4) is 0 Å². The quantitative estimate of drug-likeness (QED) is 0.767. The number of hydrogen-bond donors (Lipinski definition) is 2. The number of benzene rings is 1. The molecule has 5 heteroatoms. The van der Waals surface area contributed by atoms with Gasteiger partial charge in [0.1, 0.15) is 17.9 Å². The summed E-state index contributed by atoms with van der Waals surface area (Å²) in [4.78, 5) is 11.6. The molecule has 106 valence electrons. The number of nitrogens with one attached hydrogen (secondary N) is 1. The maximum Gasteiger partial charge on any atom is 0.239 e. The third kappa shape index (κ3) is 5.72. The van der Waals surface area contributed by atoms with E-state index < -0.39 is 6.04 Å². The first-order chi connectivity index (χ1) is 9.02. The maximum absolute atomic E-state index is 11.6. The molecule has 0 aliphatic heterocycles. The molecule has 0 aromatic heterocycles. The Balaban J connectivity index is 2.35. The number of aryl methyl sites for hydroxylation is 1. The van der Waals surface area contributed by atoms with Gasteiger partial charge in [-0.2, -0.15) is 0 Å². The molecule has 0 bridgehead atoms. The first-order valence-corrected chi connectivity index (χ1v) is 6.28. The lowest BCUT2D eigenvalue weighted by Crippen LogP contribution is -2.46. The molecule has 0 radical (unpaired) electrons. The Kier molecular flexibility index (Phi) is 6.32. The average molecular weight is 266 g/mol. The molecular weight excluding hydrogens is 244 g/mol. The standard InChI is InChI=1S/C14H22N2O3/c1-10-5-4-6-12(7-10)19-11(2)8-16-14(17)13(15)9-18-3/h4-7,11,13H,8-9,15H2,1-3H3,(H,16,17). The Labute approximate surface area is 114 Å². The van der Waals surface area contributed by atoms with Crippen LogP contribution in [0.15, 0.2) is 24.3 Å². The van der Waals surface area contributed by atoms with E-state index in [0.29, 0.717) is 6.54 Å². The van der Waals surface area contributed by atoms with Crippen LogP contribution < -0.4 is 15.8 Å². The Hall–Kier alpha value is -1.59. The fourth-order valence-electron chi connectivity index (χ4n) is 1.59. The van der Waals surface area contributed by atoms with Crippen molar-refractivity contribution in [3.63, 3.8) is 0 Å². The number of nitrogens with two attached hydrogens (primary N) is 1. The monoisotopic (exact) mass is 266 g/mol. The fourth-order valence-corrected chi connectivity index (χ4v) is 1.59. The van der Waals surface area contributed by atoms with Crippen molar-refractivity contribution < 1.29 is 14.3 Å². The normalized spacial score (nSPS) is 13.7. The third-order valence-corrected chi connectivity index (χ3v) is 2.57. The van der Waals surface area contributed by atoms with Gasteiger partial charge in [-0.1, -0.05) is 12.1 Å². The second-order valence-corrected chi connectivity index (χ2v) is 4.55. The molecule has 1 amide bonds. The summed E-state index contributed by atoms with van der Waals surface area (Å²) >= 11 is 0. The van der Waals surface area contributed by atoms with Crippen molar-refractivity contribution in [1.29, 1.82) is 0 Å². The van der Waals surface area contributed by atoms with Crippen molar-refractivity contribution in [2.75, 3.05) is 20.3 Å². The highest BCUT2D eigenvalue weighted by Gasteiger charge is 2.14. The highest BCUT2D eigenvalue weighted by molar-refractivity contribution is 5.81. The molecule has 1 rings (SSSR count). The summed E-state index contributed by atoms with van der Waals surface area (Å²) < 4.78 is 10.5. The van der Waals surface area contributed by atoms with Crippen molar-refractivity contribution in [2.45, 2.75) is 26.0 Å². The Morgan fingerprint density at radius 1 is 1.47 bits per heavy atom. The van der Waals surface area contributed by atoms with Gasteiger partial charge in [0.05, 0.1) is 13.2 Å². The Morgan fingerprint density at radius 3 is 2.84 bits per heavy atom. The van der Waals surface area contributed by atoms with E-state index in [4.69, 9.17) is 15.2 Å². The summed E-state index contributed by atoms with van der Waals surface area (Å²) in [5, 5.41) is 2.73. The molecule has 1 aromatic rings. The lowest BCUT2D eigenvalue weighted by atomic mass is 10.2. The van der Waals surface area contributed by atoms with Gasteiger partial charge in [-0.05, 0) is 31.5 Å². The highest BCUT2D eigenvalue weighted by Crippen LogP contribution is 2.13. The van der Waals surface area contributed by atoms with Crippen molar-refractivity contribution >= 4 is 5.91 Å². The summed E-state index contributed by atoms with van der Waals surface area (Å²) in [5.74, 6) is 0.560. The van der Waals surface area contributed by atoms with Crippen molar-refractivity contribution in [3.8, 4) is 5.75 Å². The van der Waals surface area contributed by atoms with E-state index in [-0.39, 0.29) is 18.6 Å². The van der Waals surface area contributed by atoms with Crippen molar-refractivity contribution in [1.82, 2.24) is 5.32 Å². The zero-order chi connectivity index (χ0) is 14.3. The molecule has 3 N–H and O–H groups in total. The largest absolute Gasteiger partial charge is 0.489 e. The molecule has 0 spiro atoms. The molecule has 0 heterocycles. The van der Waals surface area contributed by atoms with E-state index in [1.165, 1.54) is 7.11 Å². The van der Waals surface area contributed by atoms with E-state index in [1.54, 1.807) is 0 Å². The molecule has 2 unspecified atom stereocenters. The van der Waals surface area contributed by atoms with E-state index in [0.717, 1.165) is 11.3 Å². The summed E-state index contributed by atoms with van der Waals surface area (Å²) in [6.45, 7) is 4.51. The maximum atomic E-state index is 11.6. The molecular formula is C14H22N2O3. The van der Waals surface area contributed by atoms with Crippen LogP contribution in [0.5, 0.6) is 5.75 Å². The first kappa shape index (κ1) is 15.5. The molecule has 0 aliphatic rings. The van der Waals surface area contributed by atoms with E-state index in [9.17, 15) is 4.79 Å². The van der Waals surface area contributed by atoms with Crippen molar-refractivity contribution in [3.05, 3.63) is 29.8 Å². The number of carbonyl (C=O) groups is 1. The smallest absolute Gasteiger partial charge is 0.239 e. The van der Waals surface area contributed by atoms with Crippen LogP contribution in [0.4, 0.5) is 0 Å². The summed E-state index contributed by atoms with van der Waals surface area (Å²) in [6.07, 6.45) is -0.125. The lowest BCUT2D eigenvalue weighted by Gasteiger charge is -2.17. The van der Waals surface area contributed by atoms with Crippen LogP contribution >= 0.6 is 0 Å². The van der Waals surface area contributed by atoms with Crippen LogP contribution in [0, 0.1) is 6.92 Å². The van der Waals surface area contributed by atoms with Gasteiger partial charge < -0.3 is 20.5 Å². The second-order valence-electron chi connectivity index (χ2n) is 4.55. The van der Waals surface area contributed by atoms with Gasteiger partial charge in [-0.3, -0.25) is 4.79 Å². The molecule has 0 saturated heterocycles. The minimum Gasteiger partial charge on any atom is -0.489 e. The van der Waals surface area contributed by atoms with Gasteiger partial charge in [0.25, 0.3) is 0 Å². The van der Waals surface area contributed by atoms with Crippen LogP contribution in [-0.2, 0) is 9.53 Å². The number of amides is 1. The number of rotatable bonds is 7.